The third-order valence-electron chi connectivity index (χ3n) is 3.34. The lowest BCUT2D eigenvalue weighted by molar-refractivity contribution is -0.151. The predicted molar refractivity (Wildman–Crippen MR) is 72.9 cm³/mol. The van der Waals surface area contributed by atoms with Crippen molar-refractivity contribution < 1.29 is 14.7 Å². The summed E-state index contributed by atoms with van der Waals surface area (Å²) in [7, 11) is 0. The van der Waals surface area contributed by atoms with Gasteiger partial charge in [0.05, 0.1) is 11.0 Å². The number of carbonyl (C=O) groups is 2. The van der Waals surface area contributed by atoms with Crippen molar-refractivity contribution in [2.45, 2.75) is 33.1 Å². The SMILES string of the molecule is CCC(CC)(CC(=O)Nc1sccc1C#N)C(=O)O. The van der Waals surface area contributed by atoms with Gasteiger partial charge in [0.25, 0.3) is 0 Å². The first-order chi connectivity index (χ1) is 8.99. The number of anilines is 1. The van der Waals surface area contributed by atoms with E-state index < -0.39 is 11.4 Å². The van der Waals surface area contributed by atoms with Gasteiger partial charge in [-0.25, -0.2) is 0 Å². The zero-order valence-electron chi connectivity index (χ0n) is 10.9. The lowest BCUT2D eigenvalue weighted by Crippen LogP contribution is -2.34. The summed E-state index contributed by atoms with van der Waals surface area (Å²) in [6.45, 7) is 3.52. The summed E-state index contributed by atoms with van der Waals surface area (Å²) in [6.07, 6.45) is 0.696. The molecule has 0 radical (unpaired) electrons. The van der Waals surface area contributed by atoms with Gasteiger partial charge in [-0.15, -0.1) is 11.3 Å². The molecule has 0 aliphatic carbocycles. The van der Waals surface area contributed by atoms with E-state index >= 15 is 0 Å². The number of aliphatic carboxylic acids is 1. The van der Waals surface area contributed by atoms with Crippen LogP contribution in [0.4, 0.5) is 5.00 Å². The van der Waals surface area contributed by atoms with Crippen molar-refractivity contribution >= 4 is 28.2 Å². The highest BCUT2D eigenvalue weighted by Gasteiger charge is 2.37. The quantitative estimate of drug-likeness (QED) is 0.838. The molecular formula is C13H16N2O3S. The highest BCUT2D eigenvalue weighted by atomic mass is 32.1. The van der Waals surface area contributed by atoms with Crippen molar-refractivity contribution in [3.05, 3.63) is 17.0 Å². The van der Waals surface area contributed by atoms with E-state index in [9.17, 15) is 14.7 Å². The molecule has 102 valence electrons. The van der Waals surface area contributed by atoms with Gasteiger partial charge in [0.1, 0.15) is 11.1 Å². The maximum Gasteiger partial charge on any atom is 0.310 e. The Hall–Kier alpha value is -1.87. The average molecular weight is 280 g/mol. The molecule has 0 atom stereocenters. The molecule has 0 saturated heterocycles. The third-order valence-corrected chi connectivity index (χ3v) is 4.17. The first-order valence-corrected chi connectivity index (χ1v) is 6.88. The van der Waals surface area contributed by atoms with Crippen LogP contribution in [0, 0.1) is 16.7 Å². The Bertz CT molecular complexity index is 512. The fourth-order valence-corrected chi connectivity index (χ4v) is 2.60. The standard InChI is InChI=1S/C13H16N2O3S/c1-3-13(4-2,12(17)18)7-10(16)15-11-9(8-14)5-6-19-11/h5-6H,3-4,7H2,1-2H3,(H,15,16)(H,17,18). The number of hydrogen-bond donors (Lipinski definition) is 2. The second-order valence-electron chi connectivity index (χ2n) is 4.29. The average Bonchev–Trinajstić information content (AvgIpc) is 2.82. The van der Waals surface area contributed by atoms with Gasteiger partial charge in [-0.2, -0.15) is 5.26 Å². The number of carbonyl (C=O) groups excluding carboxylic acids is 1. The van der Waals surface area contributed by atoms with Crippen LogP contribution >= 0.6 is 11.3 Å². The van der Waals surface area contributed by atoms with Crippen LogP contribution in [0.5, 0.6) is 0 Å². The van der Waals surface area contributed by atoms with Gasteiger partial charge in [-0.05, 0) is 24.3 Å². The zero-order chi connectivity index (χ0) is 14.5. The van der Waals surface area contributed by atoms with Crippen molar-refractivity contribution in [3.8, 4) is 6.07 Å². The van der Waals surface area contributed by atoms with Crippen LogP contribution < -0.4 is 5.32 Å². The van der Waals surface area contributed by atoms with Crippen LogP contribution in [-0.4, -0.2) is 17.0 Å². The van der Waals surface area contributed by atoms with E-state index in [1.807, 2.05) is 6.07 Å². The van der Waals surface area contributed by atoms with Gasteiger partial charge < -0.3 is 10.4 Å². The van der Waals surface area contributed by atoms with Gasteiger partial charge >= 0.3 is 5.97 Å². The monoisotopic (exact) mass is 280 g/mol. The lowest BCUT2D eigenvalue weighted by Gasteiger charge is -2.25. The topological polar surface area (TPSA) is 90.2 Å². The van der Waals surface area contributed by atoms with Gasteiger partial charge in [-0.1, -0.05) is 13.8 Å². The maximum absolute atomic E-state index is 11.9. The molecule has 0 aliphatic heterocycles. The van der Waals surface area contributed by atoms with Crippen molar-refractivity contribution in [1.82, 2.24) is 0 Å². The molecule has 1 aromatic heterocycles. The van der Waals surface area contributed by atoms with Crippen LogP contribution in [0.3, 0.4) is 0 Å². The second-order valence-corrected chi connectivity index (χ2v) is 5.21. The van der Waals surface area contributed by atoms with E-state index in [0.29, 0.717) is 23.4 Å². The van der Waals surface area contributed by atoms with E-state index in [2.05, 4.69) is 5.32 Å². The van der Waals surface area contributed by atoms with E-state index in [0.717, 1.165) is 0 Å². The Morgan fingerprint density at radius 3 is 2.58 bits per heavy atom. The van der Waals surface area contributed by atoms with E-state index in [4.69, 9.17) is 5.26 Å². The molecule has 1 heterocycles. The van der Waals surface area contributed by atoms with E-state index in [1.165, 1.54) is 11.3 Å². The summed E-state index contributed by atoms with van der Waals surface area (Å²) in [5.74, 6) is -1.33. The van der Waals surface area contributed by atoms with Gasteiger partial charge in [0.15, 0.2) is 0 Å². The summed E-state index contributed by atoms with van der Waals surface area (Å²) in [6, 6.07) is 3.59. The van der Waals surface area contributed by atoms with Crippen molar-refractivity contribution in [3.63, 3.8) is 0 Å². The summed E-state index contributed by atoms with van der Waals surface area (Å²) < 4.78 is 0. The van der Waals surface area contributed by atoms with Crippen LogP contribution in [0.2, 0.25) is 0 Å². The van der Waals surface area contributed by atoms with Crippen molar-refractivity contribution in [1.29, 1.82) is 5.26 Å². The van der Waals surface area contributed by atoms with Crippen molar-refractivity contribution in [2.24, 2.45) is 5.41 Å². The number of thiophene rings is 1. The number of rotatable bonds is 6. The minimum atomic E-state index is -1.03. The van der Waals surface area contributed by atoms with Gasteiger partial charge in [0, 0.05) is 6.42 Å². The first-order valence-electron chi connectivity index (χ1n) is 6.00. The van der Waals surface area contributed by atoms with Crippen LogP contribution in [0.1, 0.15) is 38.7 Å². The molecule has 0 spiro atoms. The molecule has 2 N–H and O–H groups in total. The number of hydrogen-bond acceptors (Lipinski definition) is 4. The number of carboxylic acid groups (broad SMARTS) is 1. The Morgan fingerprint density at radius 2 is 2.11 bits per heavy atom. The molecular weight excluding hydrogens is 264 g/mol. The fourth-order valence-electron chi connectivity index (χ4n) is 1.85. The Morgan fingerprint density at radius 1 is 1.47 bits per heavy atom. The molecule has 0 bridgehead atoms. The molecule has 1 aromatic rings. The fraction of sp³-hybridized carbons (Fsp3) is 0.462. The molecule has 1 rings (SSSR count). The first kappa shape index (κ1) is 15.2. The van der Waals surface area contributed by atoms with Crippen LogP contribution in [-0.2, 0) is 9.59 Å². The Kier molecular flexibility index (Phi) is 5.07. The van der Waals surface area contributed by atoms with E-state index in [-0.39, 0.29) is 12.3 Å². The number of nitrogens with zero attached hydrogens (tertiary/aromatic N) is 1. The molecule has 0 fully saturated rings. The number of carboxylic acids is 1. The normalized spacial score (nSPS) is 10.8. The number of amides is 1. The van der Waals surface area contributed by atoms with E-state index in [1.54, 1.807) is 25.3 Å². The molecule has 0 saturated carbocycles. The summed E-state index contributed by atoms with van der Waals surface area (Å²) in [5, 5.41) is 22.9. The molecule has 1 amide bonds. The smallest absolute Gasteiger partial charge is 0.310 e. The summed E-state index contributed by atoms with van der Waals surface area (Å²) in [5.41, 5.74) is -0.638. The van der Waals surface area contributed by atoms with Crippen LogP contribution in [0.15, 0.2) is 11.4 Å². The minimum Gasteiger partial charge on any atom is -0.481 e. The molecule has 5 nitrogen and oxygen atoms in total. The number of nitrogens with one attached hydrogen (secondary N) is 1. The summed E-state index contributed by atoms with van der Waals surface area (Å²) in [4.78, 5) is 23.3. The predicted octanol–water partition coefficient (Wildman–Crippen LogP) is 2.84. The highest BCUT2D eigenvalue weighted by molar-refractivity contribution is 7.14. The zero-order valence-corrected chi connectivity index (χ0v) is 11.7. The molecule has 0 unspecified atom stereocenters. The second kappa shape index (κ2) is 6.34. The van der Waals surface area contributed by atoms with Gasteiger partial charge in [-0.3, -0.25) is 9.59 Å². The van der Waals surface area contributed by atoms with Crippen LogP contribution in [0.25, 0.3) is 0 Å². The Balaban J connectivity index is 2.80. The third kappa shape index (κ3) is 3.32. The largest absolute Gasteiger partial charge is 0.481 e. The molecule has 0 aliphatic rings. The molecule has 0 aromatic carbocycles. The minimum absolute atomic E-state index is 0.0852. The maximum atomic E-state index is 11.9. The Labute approximate surface area is 115 Å². The molecule has 19 heavy (non-hydrogen) atoms. The van der Waals surface area contributed by atoms with Crippen molar-refractivity contribution in [2.75, 3.05) is 5.32 Å². The number of nitriles is 1. The lowest BCUT2D eigenvalue weighted by atomic mass is 9.79. The van der Waals surface area contributed by atoms with Gasteiger partial charge in [0.2, 0.25) is 5.91 Å². The molecule has 6 heteroatoms. The highest BCUT2D eigenvalue weighted by Crippen LogP contribution is 2.32. The summed E-state index contributed by atoms with van der Waals surface area (Å²) >= 11 is 1.25.